The van der Waals surface area contributed by atoms with Gasteiger partial charge in [0.1, 0.15) is 0 Å². The third kappa shape index (κ3) is 5.57. The summed E-state index contributed by atoms with van der Waals surface area (Å²) in [5.74, 6) is 3.11. The van der Waals surface area contributed by atoms with Gasteiger partial charge in [-0.1, -0.05) is 65.7 Å². The Bertz CT molecular complexity index is 808. The highest BCUT2D eigenvalue weighted by Gasteiger charge is 2.36. The number of allylic oxidation sites excluding steroid dienone is 4. The molecule has 2 aliphatic heterocycles. The summed E-state index contributed by atoms with van der Waals surface area (Å²) in [5, 5.41) is 2.16. The Morgan fingerprint density at radius 1 is 0.774 bits per heavy atom. The number of hydrogen-bond donors (Lipinski definition) is 0. The van der Waals surface area contributed by atoms with Crippen molar-refractivity contribution in [2.24, 2.45) is 23.7 Å². The van der Waals surface area contributed by atoms with Gasteiger partial charge >= 0.3 is 0 Å². The molecule has 31 heavy (non-hydrogen) atoms. The van der Waals surface area contributed by atoms with E-state index in [2.05, 4.69) is 57.2 Å². The van der Waals surface area contributed by atoms with Gasteiger partial charge in [-0.05, 0) is 54.9 Å². The van der Waals surface area contributed by atoms with Gasteiger partial charge in [0.15, 0.2) is 0 Å². The monoisotopic (exact) mass is 459 g/mol. The molecule has 0 saturated carbocycles. The minimum Gasteiger partial charge on any atom is -0.301 e. The second-order valence-corrected chi connectivity index (χ2v) is 11.2. The van der Waals surface area contributed by atoms with Gasteiger partial charge in [-0.15, -0.1) is 0 Å². The summed E-state index contributed by atoms with van der Waals surface area (Å²) in [5.41, 5.74) is 1.41. The first-order valence-corrected chi connectivity index (χ1v) is 12.8. The fourth-order valence-corrected chi connectivity index (χ4v) is 6.77. The Kier molecular flexibility index (Phi) is 7.07. The third-order valence-electron chi connectivity index (χ3n) is 7.88. The van der Waals surface area contributed by atoms with Crippen LogP contribution in [0.25, 0.3) is 0 Å². The predicted octanol–water partition coefficient (Wildman–Crippen LogP) is 5.38. The molecule has 0 bridgehead atoms. The summed E-state index contributed by atoms with van der Waals surface area (Å²) in [6, 6.07) is 11.0. The fraction of sp³-hybridized carbons (Fsp3) is 0.615. The summed E-state index contributed by atoms with van der Waals surface area (Å²) in [4.78, 5) is 8.02. The van der Waals surface area contributed by atoms with Gasteiger partial charge in [0.05, 0.1) is 6.67 Å². The van der Waals surface area contributed by atoms with Crippen LogP contribution in [-0.4, -0.2) is 60.6 Å². The summed E-state index contributed by atoms with van der Waals surface area (Å²) in [6.45, 7) is 9.24. The maximum Gasteiger partial charge on any atom is 0.0510 e. The van der Waals surface area contributed by atoms with Crippen molar-refractivity contribution in [1.82, 2.24) is 14.7 Å². The normalized spacial score (nSPS) is 31.5. The van der Waals surface area contributed by atoms with Gasteiger partial charge in [0.25, 0.3) is 0 Å². The van der Waals surface area contributed by atoms with E-state index in [-0.39, 0.29) is 0 Å². The Morgan fingerprint density at radius 2 is 1.35 bits per heavy atom. The molecule has 168 valence electrons. The molecule has 2 saturated heterocycles. The van der Waals surface area contributed by atoms with Gasteiger partial charge in [0.2, 0.25) is 0 Å². The van der Waals surface area contributed by atoms with E-state index in [0.29, 0.717) is 0 Å². The molecule has 2 aliphatic carbocycles. The van der Waals surface area contributed by atoms with Crippen LogP contribution < -0.4 is 0 Å². The number of hydrogen-bond acceptors (Lipinski definition) is 3. The molecule has 0 spiro atoms. The van der Waals surface area contributed by atoms with E-state index < -0.39 is 0 Å². The Labute approximate surface area is 197 Å². The lowest BCUT2D eigenvalue weighted by molar-refractivity contribution is 0.127. The van der Waals surface area contributed by atoms with Crippen LogP contribution in [0, 0.1) is 23.7 Å². The van der Waals surface area contributed by atoms with E-state index in [4.69, 9.17) is 23.2 Å². The quantitative estimate of drug-likeness (QED) is 0.541. The summed E-state index contributed by atoms with van der Waals surface area (Å²) in [7, 11) is 0. The highest BCUT2D eigenvalue weighted by molar-refractivity contribution is 6.29. The molecule has 4 aliphatic rings. The van der Waals surface area contributed by atoms with Crippen LogP contribution >= 0.6 is 23.2 Å². The van der Waals surface area contributed by atoms with Crippen molar-refractivity contribution >= 4 is 23.2 Å². The molecule has 4 atom stereocenters. The van der Waals surface area contributed by atoms with Gasteiger partial charge in [-0.3, -0.25) is 9.80 Å². The molecule has 2 heterocycles. The lowest BCUT2D eigenvalue weighted by Crippen LogP contribution is -2.41. The van der Waals surface area contributed by atoms with Gasteiger partial charge in [0, 0.05) is 55.9 Å². The summed E-state index contributed by atoms with van der Waals surface area (Å²) >= 11 is 12.7. The topological polar surface area (TPSA) is 9.72 Å². The minimum atomic E-state index is 0.745. The number of halogens is 2. The van der Waals surface area contributed by atoms with Crippen LogP contribution in [0.2, 0.25) is 0 Å². The number of likely N-dealkylation sites (tertiary alicyclic amines) is 2. The Balaban J connectivity index is 1.18. The molecule has 5 heteroatoms. The first kappa shape index (κ1) is 22.0. The number of rotatable bonds is 7. The Hall–Kier alpha value is -0.840. The summed E-state index contributed by atoms with van der Waals surface area (Å²) in [6.07, 6.45) is 8.99. The zero-order valence-electron chi connectivity index (χ0n) is 18.4. The van der Waals surface area contributed by atoms with E-state index in [1.165, 1.54) is 38.2 Å². The molecule has 2 fully saturated rings. The standard InChI is InChI=1S/C26H35Cl2N3/c27-25-8-6-21-15-29(17-23(21)12-25)10-11-30(14-20-4-2-1-3-5-20)19-31-16-22-7-9-26(28)13-24(22)18-31/h1-5,8-9,21-24H,6-7,10-19H2/t21-,22+,23-,24-/m1/s1. The van der Waals surface area contributed by atoms with Crippen molar-refractivity contribution in [1.29, 1.82) is 0 Å². The largest absolute Gasteiger partial charge is 0.301 e. The van der Waals surface area contributed by atoms with Gasteiger partial charge < -0.3 is 4.90 Å². The van der Waals surface area contributed by atoms with Crippen LogP contribution in [0.5, 0.6) is 0 Å². The molecule has 0 unspecified atom stereocenters. The minimum absolute atomic E-state index is 0.745. The van der Waals surface area contributed by atoms with Crippen molar-refractivity contribution < 1.29 is 0 Å². The van der Waals surface area contributed by atoms with Crippen LogP contribution in [-0.2, 0) is 6.54 Å². The van der Waals surface area contributed by atoms with E-state index in [9.17, 15) is 0 Å². The maximum absolute atomic E-state index is 6.34. The van der Waals surface area contributed by atoms with Gasteiger partial charge in [-0.25, -0.2) is 0 Å². The van der Waals surface area contributed by atoms with Crippen LogP contribution in [0.4, 0.5) is 0 Å². The van der Waals surface area contributed by atoms with Crippen molar-refractivity contribution in [2.75, 3.05) is 45.9 Å². The maximum atomic E-state index is 6.34. The first-order valence-electron chi connectivity index (χ1n) is 12.0. The molecule has 0 amide bonds. The molecule has 0 aromatic heterocycles. The average molecular weight is 460 g/mol. The second kappa shape index (κ2) is 9.97. The van der Waals surface area contributed by atoms with E-state index in [0.717, 1.165) is 79.3 Å². The molecular formula is C26H35Cl2N3. The molecule has 1 aromatic rings. The van der Waals surface area contributed by atoms with Crippen LogP contribution in [0.3, 0.4) is 0 Å². The highest BCUT2D eigenvalue weighted by atomic mass is 35.5. The van der Waals surface area contributed by atoms with Crippen LogP contribution in [0.1, 0.15) is 31.2 Å². The lowest BCUT2D eigenvalue weighted by atomic mass is 9.86. The second-order valence-electron chi connectivity index (χ2n) is 10.2. The third-order valence-corrected chi connectivity index (χ3v) is 8.50. The van der Waals surface area contributed by atoms with Crippen molar-refractivity contribution in [3.05, 3.63) is 58.1 Å². The van der Waals surface area contributed by atoms with Crippen molar-refractivity contribution in [3.63, 3.8) is 0 Å². The molecule has 3 nitrogen and oxygen atoms in total. The van der Waals surface area contributed by atoms with Gasteiger partial charge in [-0.2, -0.15) is 0 Å². The summed E-state index contributed by atoms with van der Waals surface area (Å²) < 4.78 is 0. The average Bonchev–Trinajstić information content (AvgIpc) is 3.35. The van der Waals surface area contributed by atoms with Crippen LogP contribution in [0.15, 0.2) is 52.5 Å². The van der Waals surface area contributed by atoms with Crippen molar-refractivity contribution in [3.8, 4) is 0 Å². The zero-order valence-corrected chi connectivity index (χ0v) is 19.9. The zero-order chi connectivity index (χ0) is 21.2. The lowest BCUT2D eigenvalue weighted by Gasteiger charge is -2.30. The molecule has 0 N–H and O–H groups in total. The smallest absolute Gasteiger partial charge is 0.0510 e. The predicted molar refractivity (Wildman–Crippen MR) is 130 cm³/mol. The Morgan fingerprint density at radius 3 is 2.03 bits per heavy atom. The molecule has 1 aromatic carbocycles. The highest BCUT2D eigenvalue weighted by Crippen LogP contribution is 2.38. The molecule has 5 rings (SSSR count). The SMILES string of the molecule is ClC1=CC[C@@H]2CN(CCN(Cc3ccccc3)CN3C[C@H]4CC(Cl)=CC[C@H]4C3)C[C@H]2C1. The van der Waals surface area contributed by atoms with E-state index in [1.807, 2.05) is 0 Å². The molecule has 0 radical (unpaired) electrons. The first-order chi connectivity index (χ1) is 15.1. The number of benzene rings is 1. The van der Waals surface area contributed by atoms with E-state index >= 15 is 0 Å². The van der Waals surface area contributed by atoms with E-state index in [1.54, 1.807) is 0 Å². The number of nitrogens with zero attached hydrogens (tertiary/aromatic N) is 3. The van der Waals surface area contributed by atoms with Crippen molar-refractivity contribution in [2.45, 2.75) is 32.2 Å². The number of fused-ring (bicyclic) bond motifs is 2. The molecular weight excluding hydrogens is 425 g/mol. The fourth-order valence-electron chi connectivity index (χ4n) is 6.20.